The molecule has 0 aliphatic carbocycles. The number of esters is 1. The Kier molecular flexibility index (Phi) is 51.5. The zero-order chi connectivity index (χ0) is 46.1. The second kappa shape index (κ2) is 45.3. The van der Waals surface area contributed by atoms with E-state index in [0.717, 1.165) is 30.0 Å². The number of alkyl carbamates (subject to hydrolysis) is 1. The quantitative estimate of drug-likeness (QED) is 0.0347. The summed E-state index contributed by atoms with van der Waals surface area (Å²) in [6.07, 6.45) is 8.09. The van der Waals surface area contributed by atoms with Crippen molar-refractivity contribution < 1.29 is 104 Å². The first kappa shape index (κ1) is 67.0. The van der Waals surface area contributed by atoms with E-state index in [1.807, 2.05) is 43.8 Å². The summed E-state index contributed by atoms with van der Waals surface area (Å²) >= 11 is 5.61. The van der Waals surface area contributed by atoms with Gasteiger partial charge in [-0.2, -0.15) is 0 Å². The second-order valence-corrected chi connectivity index (χ2v) is 11.5. The Morgan fingerprint density at radius 1 is 0.983 bits per heavy atom. The number of likely N-dealkylation sites (tertiary alicyclic amines) is 1. The van der Waals surface area contributed by atoms with Crippen molar-refractivity contribution >= 4 is 58.9 Å². The molecule has 1 fully saturated rings. The van der Waals surface area contributed by atoms with Crippen LogP contribution in [0.4, 0.5) is 4.79 Å². The van der Waals surface area contributed by atoms with E-state index >= 15 is 0 Å². The van der Waals surface area contributed by atoms with Crippen LogP contribution in [-0.2, 0) is 59.7 Å². The number of carbonyl (C=O) groups is 4. The number of nitrogens with zero attached hydrogens (tertiary/aromatic N) is 4. The number of imidazole rings is 1. The first-order valence-corrected chi connectivity index (χ1v) is 18.5. The minimum Gasteiger partial charge on any atom is -0.726 e. The van der Waals surface area contributed by atoms with Crippen LogP contribution in [0.5, 0.6) is 5.75 Å². The number of nitrogens with one attached hydrogen (secondary N) is 1. The second-order valence-electron chi connectivity index (χ2n) is 9.91. The zero-order valence-corrected chi connectivity index (χ0v) is 40.0. The zero-order valence-electron chi connectivity index (χ0n) is 36.4. The average Bonchev–Trinajstić information content (AvgIpc) is 3.79. The Morgan fingerprint density at radius 2 is 1.46 bits per heavy atom. The van der Waals surface area contributed by atoms with Crippen LogP contribution in [0.1, 0.15) is 53.9 Å². The van der Waals surface area contributed by atoms with Crippen LogP contribution in [0.2, 0.25) is 5.02 Å². The standard InChI is InChI=1S/C7H7ClO.C7H12O3.C5H7NO2.C5H11NO.C4H6N2.C4H9NO2.CH5BO3.CH4O4S.Na/c1-9-7-4-2-6(8)3-5-7;1-4-10-7(8)5-6(2)9-3;1-6-4(7)2-3-5(6)8;1-4-5(2)6-7-3;1-6-3-2-5-4-6;1-3-7-4(6)5-2;1-5-2(3)4;1-5-6(2,3)4;/h2-5H,1H3;5H,4H2,1-3H3;2-3H2,1H3;4H2,1-3H3;2-4H,1H3;3H2,1-2H3,(H,5,6);3-4H,1H3;1H3,(H,2,3,4);/q;;;;;;;;+1/p-1/b;6-5+;;6-5-;;;;;. The minimum absolute atomic E-state index is 0. The van der Waals surface area contributed by atoms with Crippen molar-refractivity contribution in [3.05, 3.63) is 59.8 Å². The van der Waals surface area contributed by atoms with Gasteiger partial charge >= 0.3 is 48.9 Å². The van der Waals surface area contributed by atoms with Gasteiger partial charge in [-0.1, -0.05) is 23.7 Å². The number of amides is 3. The van der Waals surface area contributed by atoms with E-state index in [4.69, 9.17) is 31.1 Å². The molecule has 1 aliphatic rings. The summed E-state index contributed by atoms with van der Waals surface area (Å²) in [4.78, 5) is 51.1. The molecule has 25 heteroatoms. The van der Waals surface area contributed by atoms with Gasteiger partial charge in [-0.05, 0) is 58.4 Å². The molecule has 0 radical (unpaired) electrons. The van der Waals surface area contributed by atoms with Crippen LogP contribution in [0, 0.1) is 0 Å². The fourth-order valence-electron chi connectivity index (χ4n) is 2.42. The SMILES string of the molecule is CC/C(C)=N\OC.CCOC(=O)/C=C(\C)OC.CCOC(=O)NC.CN1C(=O)CCC1=O.COB(O)O.COS(=O)(=O)[O-].COc1ccc(Cl)cc1.Cn1ccnc1.[Na+]. The maximum Gasteiger partial charge on any atom is 1.00 e. The maximum absolute atomic E-state index is 10.6. The van der Waals surface area contributed by atoms with Gasteiger partial charge in [-0.15, -0.1) is 0 Å². The number of benzene rings is 1. The van der Waals surface area contributed by atoms with Crippen LogP contribution in [0.3, 0.4) is 0 Å². The molecule has 21 nitrogen and oxygen atoms in total. The molecule has 1 aromatic heterocycles. The summed E-state index contributed by atoms with van der Waals surface area (Å²) in [6, 6.07) is 7.23. The molecule has 2 aromatic rings. The molecular formula is C34H60BClN5NaO16S. The number of oxime groups is 1. The van der Waals surface area contributed by atoms with E-state index in [0.29, 0.717) is 31.8 Å². The van der Waals surface area contributed by atoms with Crippen LogP contribution >= 0.6 is 11.6 Å². The summed E-state index contributed by atoms with van der Waals surface area (Å²) in [5.74, 6) is 0.907. The number of aromatic nitrogens is 2. The Hall–Kier alpha value is -3.78. The fraction of sp³-hybridized carbons (Fsp3) is 0.529. The number of halogens is 1. The smallest absolute Gasteiger partial charge is 0.726 e. The predicted molar refractivity (Wildman–Crippen MR) is 216 cm³/mol. The molecule has 0 saturated carbocycles. The molecule has 1 saturated heterocycles. The van der Waals surface area contributed by atoms with E-state index in [1.165, 1.54) is 39.3 Å². The monoisotopic (exact) mass is 895 g/mol. The Morgan fingerprint density at radius 3 is 1.66 bits per heavy atom. The molecule has 0 atom stereocenters. The largest absolute Gasteiger partial charge is 1.00 e. The van der Waals surface area contributed by atoms with Crippen LogP contribution in [0.15, 0.2) is 60.0 Å². The molecule has 0 spiro atoms. The maximum atomic E-state index is 10.6. The summed E-state index contributed by atoms with van der Waals surface area (Å²) < 4.78 is 55.5. The molecule has 2 heterocycles. The van der Waals surface area contributed by atoms with Crippen molar-refractivity contribution in [3.8, 4) is 5.75 Å². The van der Waals surface area contributed by atoms with Crippen molar-refractivity contribution in [2.75, 3.05) is 62.9 Å². The van der Waals surface area contributed by atoms with E-state index in [-0.39, 0.29) is 53.4 Å². The first-order chi connectivity index (χ1) is 27.1. The van der Waals surface area contributed by atoms with Gasteiger partial charge in [-0.25, -0.2) is 23.0 Å². The van der Waals surface area contributed by atoms with Gasteiger partial charge in [0.1, 0.15) is 12.9 Å². The molecule has 1 aromatic carbocycles. The van der Waals surface area contributed by atoms with E-state index < -0.39 is 17.7 Å². The topological polar surface area (TPSA) is 276 Å². The van der Waals surface area contributed by atoms with E-state index in [9.17, 15) is 32.1 Å². The van der Waals surface area contributed by atoms with Gasteiger partial charge in [0.15, 0.2) is 0 Å². The third-order valence-electron chi connectivity index (χ3n) is 5.57. The minimum atomic E-state index is -4.41. The van der Waals surface area contributed by atoms with Crippen LogP contribution in [0.25, 0.3) is 0 Å². The number of hydrogen-bond acceptors (Lipinski definition) is 18. The van der Waals surface area contributed by atoms with E-state index in [2.05, 4.69) is 38.6 Å². The van der Waals surface area contributed by atoms with Crippen molar-refractivity contribution in [2.24, 2.45) is 12.2 Å². The van der Waals surface area contributed by atoms with Crippen LogP contribution < -0.4 is 39.6 Å². The van der Waals surface area contributed by atoms with Crippen molar-refractivity contribution in [1.29, 1.82) is 0 Å². The molecular weight excluding hydrogens is 836 g/mol. The number of imide groups is 1. The molecule has 59 heavy (non-hydrogen) atoms. The first-order valence-electron chi connectivity index (χ1n) is 16.8. The van der Waals surface area contributed by atoms with Crippen molar-refractivity contribution in [3.63, 3.8) is 0 Å². The molecule has 3 rings (SSSR count). The molecule has 0 unspecified atom stereocenters. The fourth-order valence-corrected chi connectivity index (χ4v) is 2.54. The number of rotatable bonds is 9. The number of allylic oxidation sites excluding steroid dienone is 1. The number of methoxy groups -OCH3 is 2. The number of carbonyl (C=O) groups excluding carboxylic acids is 4. The van der Waals surface area contributed by atoms with Gasteiger partial charge in [-0.3, -0.25) is 18.7 Å². The average molecular weight is 896 g/mol. The molecule has 1 aliphatic heterocycles. The summed E-state index contributed by atoms with van der Waals surface area (Å²) in [6.45, 7) is 10.0. The normalized spacial score (nSPS) is 11.0. The molecule has 3 amide bonds. The van der Waals surface area contributed by atoms with Crippen molar-refractivity contribution in [1.82, 2.24) is 19.8 Å². The molecule has 3 N–H and O–H groups in total. The Balaban J connectivity index is -0.000000137. The predicted octanol–water partition coefficient (Wildman–Crippen LogP) is 0.114. The van der Waals surface area contributed by atoms with Crippen molar-refractivity contribution in [2.45, 2.75) is 53.9 Å². The number of ether oxygens (including phenoxy) is 4. The van der Waals surface area contributed by atoms with Gasteiger partial charge in [0.05, 0.1) is 58.4 Å². The van der Waals surface area contributed by atoms with Gasteiger partial charge in [0, 0.05) is 58.5 Å². The third-order valence-corrected chi connectivity index (χ3v) is 6.23. The van der Waals surface area contributed by atoms with Gasteiger partial charge in [0.25, 0.3) is 0 Å². The van der Waals surface area contributed by atoms with E-state index in [1.54, 1.807) is 59.6 Å². The van der Waals surface area contributed by atoms with Gasteiger partial charge in [0.2, 0.25) is 22.2 Å². The summed E-state index contributed by atoms with van der Waals surface area (Å²) in [7, 11) is 5.64. The summed E-state index contributed by atoms with van der Waals surface area (Å²) in [5, 5.41) is 22.1. The molecule has 0 bridgehead atoms. The van der Waals surface area contributed by atoms with Crippen LogP contribution in [-0.4, -0.2) is 137 Å². The number of aryl methyl sites for hydroxylation is 1. The van der Waals surface area contributed by atoms with Gasteiger partial charge < -0.3 is 52.9 Å². The number of hydrogen-bond donors (Lipinski definition) is 3. The third kappa shape index (κ3) is 54.2. The summed E-state index contributed by atoms with van der Waals surface area (Å²) in [5.41, 5.74) is 1.03. The Labute approximate surface area is 375 Å². The Bertz CT molecular complexity index is 1490. The molecule has 334 valence electrons.